The van der Waals surface area contributed by atoms with Gasteiger partial charge in [0.1, 0.15) is 11.6 Å². The number of aryl methyl sites for hydroxylation is 2. The Balaban J connectivity index is 1.48. The lowest BCUT2D eigenvalue weighted by Crippen LogP contribution is -2.42. The molecule has 0 radical (unpaired) electrons. The summed E-state index contributed by atoms with van der Waals surface area (Å²) in [7, 11) is 4.85. The SMILES string of the molecule is CCN1CCN(C(=O)CCc2c(C)noc2C)CCC(=O)NCC2CCCN(C2)c2nc3cc(OC)c(OC)c(OC)c3cc2C1. The highest BCUT2D eigenvalue weighted by Gasteiger charge is 2.27. The Morgan fingerprint density at radius 2 is 1.87 bits per heavy atom. The van der Waals surface area contributed by atoms with E-state index in [2.05, 4.69) is 33.3 Å². The summed E-state index contributed by atoms with van der Waals surface area (Å²) in [6, 6.07) is 4.06. The molecule has 0 saturated carbocycles. The third-order valence-corrected chi connectivity index (χ3v) is 9.34. The van der Waals surface area contributed by atoms with Crippen LogP contribution in [0.1, 0.15) is 55.2 Å². The fourth-order valence-electron chi connectivity index (χ4n) is 6.68. The zero-order valence-corrected chi connectivity index (χ0v) is 28.1. The summed E-state index contributed by atoms with van der Waals surface area (Å²) in [5.41, 5.74) is 3.63. The number of piperidine rings is 1. The molecule has 1 unspecified atom stereocenters. The van der Waals surface area contributed by atoms with Gasteiger partial charge < -0.3 is 33.9 Å². The molecule has 1 fully saturated rings. The first-order chi connectivity index (χ1) is 22.3. The smallest absolute Gasteiger partial charge is 0.222 e. The van der Waals surface area contributed by atoms with Crippen molar-refractivity contribution >= 4 is 28.5 Å². The Kier molecular flexibility index (Phi) is 10.9. The van der Waals surface area contributed by atoms with Gasteiger partial charge in [0.15, 0.2) is 11.5 Å². The van der Waals surface area contributed by atoms with Gasteiger partial charge in [0.05, 0.1) is 32.5 Å². The molecule has 5 rings (SSSR count). The summed E-state index contributed by atoms with van der Waals surface area (Å²) in [6.45, 7) is 11.2. The number of carbonyl (C=O) groups excluding carboxylic acids is 2. The summed E-state index contributed by atoms with van der Waals surface area (Å²) in [4.78, 5) is 38.3. The molecule has 2 bridgehead atoms. The van der Waals surface area contributed by atoms with Crippen LogP contribution in [0.3, 0.4) is 0 Å². The van der Waals surface area contributed by atoms with Crippen molar-refractivity contribution in [2.24, 2.45) is 5.92 Å². The van der Waals surface area contributed by atoms with Crippen LogP contribution >= 0.6 is 0 Å². The van der Waals surface area contributed by atoms with Gasteiger partial charge in [-0.05, 0) is 51.6 Å². The fraction of sp³-hybridized carbons (Fsp3) is 0.588. The summed E-state index contributed by atoms with van der Waals surface area (Å²) >= 11 is 0. The standard InChI is InChI=1S/C34H48N6O6/c1-7-38-15-16-39(31(42)11-10-26-22(2)37-46-23(26)3)14-12-30(41)35-19-24-9-8-13-40(20-24)34-25(21-38)17-27-28(36-34)18-29(43-4)33(45-6)32(27)44-5/h17-18,24H,7-16,19-21H2,1-6H3,(H,35,41). The molecule has 250 valence electrons. The largest absolute Gasteiger partial charge is 0.493 e. The number of rotatable bonds is 7. The predicted octanol–water partition coefficient (Wildman–Crippen LogP) is 3.89. The second-order valence-electron chi connectivity index (χ2n) is 12.2. The van der Waals surface area contributed by atoms with Crippen molar-refractivity contribution in [3.63, 3.8) is 0 Å². The van der Waals surface area contributed by atoms with Gasteiger partial charge in [-0.1, -0.05) is 12.1 Å². The maximum atomic E-state index is 13.6. The topological polar surface area (TPSA) is 123 Å². The lowest BCUT2D eigenvalue weighted by atomic mass is 9.97. The maximum absolute atomic E-state index is 13.6. The third kappa shape index (κ3) is 7.32. The normalized spacial score (nSPS) is 18.4. The van der Waals surface area contributed by atoms with Crippen molar-refractivity contribution in [3.05, 3.63) is 34.7 Å². The van der Waals surface area contributed by atoms with E-state index in [9.17, 15) is 9.59 Å². The molecule has 0 aliphatic carbocycles. The van der Waals surface area contributed by atoms with Crippen LogP contribution in [0.4, 0.5) is 5.82 Å². The lowest BCUT2D eigenvalue weighted by Gasteiger charge is -2.35. The van der Waals surface area contributed by atoms with Crippen LogP contribution in [-0.4, -0.2) is 98.9 Å². The van der Waals surface area contributed by atoms with Crippen LogP contribution in [-0.2, 0) is 22.6 Å². The molecule has 0 spiro atoms. The van der Waals surface area contributed by atoms with E-state index in [-0.39, 0.29) is 18.2 Å². The Bertz CT molecular complexity index is 1520. The number of likely N-dealkylation sites (N-methyl/N-ethyl adjacent to an activating group) is 1. The lowest BCUT2D eigenvalue weighted by molar-refractivity contribution is -0.132. The molecule has 4 heterocycles. The Morgan fingerprint density at radius 1 is 1.07 bits per heavy atom. The number of pyridine rings is 1. The molecular formula is C34H48N6O6. The highest BCUT2D eigenvalue weighted by molar-refractivity contribution is 5.92. The number of carbonyl (C=O) groups is 2. The number of anilines is 1. The first kappa shape index (κ1) is 33.3. The highest BCUT2D eigenvalue weighted by atomic mass is 16.5. The molecule has 2 aliphatic heterocycles. The van der Waals surface area contributed by atoms with Crippen molar-refractivity contribution in [2.75, 3.05) is 72.0 Å². The molecule has 12 nitrogen and oxygen atoms in total. The first-order valence-electron chi connectivity index (χ1n) is 16.3. The summed E-state index contributed by atoms with van der Waals surface area (Å²) in [5, 5.41) is 8.03. The van der Waals surface area contributed by atoms with Crippen molar-refractivity contribution in [1.29, 1.82) is 0 Å². The first-order valence-corrected chi connectivity index (χ1v) is 16.3. The van der Waals surface area contributed by atoms with Crippen LogP contribution in [0.5, 0.6) is 17.2 Å². The second-order valence-corrected chi connectivity index (χ2v) is 12.2. The number of ether oxygens (including phenoxy) is 3. The number of amides is 2. The molecule has 46 heavy (non-hydrogen) atoms. The van der Waals surface area contributed by atoms with Gasteiger partial charge in [-0.2, -0.15) is 0 Å². The minimum atomic E-state index is -0.0273. The number of methoxy groups -OCH3 is 3. The van der Waals surface area contributed by atoms with E-state index in [4.69, 9.17) is 23.7 Å². The molecule has 1 saturated heterocycles. The summed E-state index contributed by atoms with van der Waals surface area (Å²) in [5.74, 6) is 3.64. The molecule has 2 amide bonds. The number of hydrogen-bond acceptors (Lipinski definition) is 10. The van der Waals surface area contributed by atoms with Gasteiger partial charge in [-0.15, -0.1) is 0 Å². The minimum Gasteiger partial charge on any atom is -0.493 e. The fourth-order valence-corrected chi connectivity index (χ4v) is 6.68. The Morgan fingerprint density at radius 3 is 2.57 bits per heavy atom. The van der Waals surface area contributed by atoms with Crippen LogP contribution in [0, 0.1) is 19.8 Å². The van der Waals surface area contributed by atoms with E-state index in [1.54, 1.807) is 21.3 Å². The van der Waals surface area contributed by atoms with Crippen LogP contribution in [0.25, 0.3) is 10.9 Å². The van der Waals surface area contributed by atoms with E-state index >= 15 is 0 Å². The van der Waals surface area contributed by atoms with E-state index in [0.717, 1.165) is 71.8 Å². The van der Waals surface area contributed by atoms with E-state index in [1.165, 1.54) is 0 Å². The van der Waals surface area contributed by atoms with Crippen LogP contribution in [0.2, 0.25) is 0 Å². The number of fused-ring (bicyclic) bond motifs is 5. The van der Waals surface area contributed by atoms with Crippen molar-refractivity contribution < 1.29 is 28.3 Å². The number of nitrogens with zero attached hydrogens (tertiary/aromatic N) is 5. The van der Waals surface area contributed by atoms with Crippen molar-refractivity contribution in [2.45, 2.75) is 59.4 Å². The molecule has 3 aromatic rings. The number of hydrogen-bond donors (Lipinski definition) is 1. The van der Waals surface area contributed by atoms with Crippen molar-refractivity contribution in [1.82, 2.24) is 25.3 Å². The maximum Gasteiger partial charge on any atom is 0.222 e. The van der Waals surface area contributed by atoms with Gasteiger partial charge in [-0.25, -0.2) is 4.98 Å². The molecule has 1 aromatic carbocycles. The second kappa shape index (κ2) is 15.0. The quantitative estimate of drug-likeness (QED) is 0.409. The van der Waals surface area contributed by atoms with E-state index < -0.39 is 0 Å². The number of aromatic nitrogens is 2. The zero-order valence-electron chi connectivity index (χ0n) is 28.1. The van der Waals surface area contributed by atoms with Crippen LogP contribution < -0.4 is 24.4 Å². The molecule has 12 heteroatoms. The Labute approximate surface area is 271 Å². The molecule has 1 atom stereocenters. The number of nitrogens with one attached hydrogen (secondary N) is 1. The average molecular weight is 637 g/mol. The van der Waals surface area contributed by atoms with Gasteiger partial charge in [-0.3, -0.25) is 14.5 Å². The predicted molar refractivity (Wildman–Crippen MR) is 176 cm³/mol. The summed E-state index contributed by atoms with van der Waals surface area (Å²) < 4.78 is 22.5. The van der Waals surface area contributed by atoms with E-state index in [1.807, 2.05) is 24.8 Å². The van der Waals surface area contributed by atoms with E-state index in [0.29, 0.717) is 68.7 Å². The minimum absolute atomic E-state index is 0.0222. The zero-order chi connectivity index (χ0) is 32.8. The summed E-state index contributed by atoms with van der Waals surface area (Å²) in [6.07, 6.45) is 3.21. The highest BCUT2D eigenvalue weighted by Crippen LogP contribution is 2.44. The van der Waals surface area contributed by atoms with Crippen molar-refractivity contribution in [3.8, 4) is 17.2 Å². The van der Waals surface area contributed by atoms with Crippen LogP contribution in [0.15, 0.2) is 16.7 Å². The average Bonchev–Trinajstić information content (AvgIpc) is 3.39. The van der Waals surface area contributed by atoms with Gasteiger partial charge in [0.25, 0.3) is 0 Å². The molecule has 1 N–H and O–H groups in total. The van der Waals surface area contributed by atoms with Gasteiger partial charge in [0, 0.05) is 81.2 Å². The number of benzene rings is 1. The Hall–Kier alpha value is -4.06. The third-order valence-electron chi connectivity index (χ3n) is 9.34. The van der Waals surface area contributed by atoms with Gasteiger partial charge in [0.2, 0.25) is 17.6 Å². The molecule has 2 aromatic heterocycles. The molecular weight excluding hydrogens is 588 g/mol. The monoisotopic (exact) mass is 636 g/mol. The molecule has 2 aliphatic rings. The van der Waals surface area contributed by atoms with Gasteiger partial charge >= 0.3 is 0 Å².